The van der Waals surface area contributed by atoms with Gasteiger partial charge >= 0.3 is 0 Å². The van der Waals surface area contributed by atoms with Crippen LogP contribution in [0.15, 0.2) is 18.2 Å². The number of aromatic nitrogens is 2. The van der Waals surface area contributed by atoms with Crippen molar-refractivity contribution >= 4 is 28.7 Å². The second-order valence-electron chi connectivity index (χ2n) is 8.41. The van der Waals surface area contributed by atoms with Crippen LogP contribution in [0, 0.1) is 23.2 Å². The maximum absolute atomic E-state index is 12.9. The quantitative estimate of drug-likeness (QED) is 0.917. The van der Waals surface area contributed by atoms with Gasteiger partial charge in [0.2, 0.25) is 0 Å². The molecule has 0 spiro atoms. The molecule has 4 fully saturated rings. The van der Waals surface area contributed by atoms with Gasteiger partial charge in [-0.1, -0.05) is 6.07 Å². The van der Waals surface area contributed by atoms with E-state index in [1.165, 1.54) is 50.3 Å². The van der Waals surface area contributed by atoms with E-state index in [4.69, 9.17) is 0 Å². The van der Waals surface area contributed by atoms with E-state index >= 15 is 0 Å². The minimum atomic E-state index is 0.0107. The Labute approximate surface area is 146 Å². The van der Waals surface area contributed by atoms with Crippen molar-refractivity contribution in [2.75, 3.05) is 0 Å². The smallest absolute Gasteiger partial charge is 0.253 e. The molecule has 0 unspecified atom stereocenters. The van der Waals surface area contributed by atoms with E-state index in [-0.39, 0.29) is 11.9 Å². The molecule has 0 saturated heterocycles. The fourth-order valence-corrected chi connectivity index (χ4v) is 6.67. The molecule has 5 heteroatoms. The Morgan fingerprint density at radius 1 is 1.17 bits per heavy atom. The van der Waals surface area contributed by atoms with E-state index in [1.807, 2.05) is 18.2 Å². The topological polar surface area (TPSA) is 54.9 Å². The highest BCUT2D eigenvalue weighted by molar-refractivity contribution is 7.00. The third-order valence-electron chi connectivity index (χ3n) is 6.88. The number of hydrogen-bond donors (Lipinski definition) is 1. The van der Waals surface area contributed by atoms with Crippen LogP contribution in [-0.4, -0.2) is 20.7 Å². The zero-order valence-corrected chi connectivity index (χ0v) is 14.8. The highest BCUT2D eigenvalue weighted by Gasteiger charge is 2.53. The Bertz CT molecular complexity index is 763. The van der Waals surface area contributed by atoms with Crippen LogP contribution in [0.1, 0.15) is 55.8 Å². The van der Waals surface area contributed by atoms with Crippen LogP contribution < -0.4 is 5.32 Å². The summed E-state index contributed by atoms with van der Waals surface area (Å²) >= 11 is 1.17. The van der Waals surface area contributed by atoms with Gasteiger partial charge in [-0.05, 0) is 80.8 Å². The number of carbonyl (C=O) groups excluding carboxylic acids is 1. The predicted molar refractivity (Wildman–Crippen MR) is 94.9 cm³/mol. The Kier molecular flexibility index (Phi) is 3.24. The van der Waals surface area contributed by atoms with E-state index in [9.17, 15) is 4.79 Å². The van der Waals surface area contributed by atoms with Crippen LogP contribution in [0.3, 0.4) is 0 Å². The summed E-state index contributed by atoms with van der Waals surface area (Å²) in [4.78, 5) is 12.9. The fraction of sp³-hybridized carbons (Fsp3) is 0.632. The summed E-state index contributed by atoms with van der Waals surface area (Å²) in [6.45, 7) is 2.23. The lowest BCUT2D eigenvalue weighted by Crippen LogP contribution is -2.55. The molecule has 4 saturated carbocycles. The van der Waals surface area contributed by atoms with Crippen LogP contribution in [0.25, 0.3) is 11.0 Å². The maximum Gasteiger partial charge on any atom is 0.253 e. The largest absolute Gasteiger partial charge is 0.349 e. The van der Waals surface area contributed by atoms with Gasteiger partial charge in [0, 0.05) is 6.04 Å². The SMILES string of the molecule is C[C@H](NC(=O)c1cccc2nsnc12)C12CC3CC(CC(C3)C1)C2. The van der Waals surface area contributed by atoms with Gasteiger partial charge in [-0.25, -0.2) is 0 Å². The molecular weight excluding hydrogens is 318 g/mol. The van der Waals surface area contributed by atoms with Gasteiger partial charge in [0.25, 0.3) is 5.91 Å². The molecule has 0 radical (unpaired) electrons. The van der Waals surface area contributed by atoms with E-state index in [1.54, 1.807) is 0 Å². The lowest BCUT2D eigenvalue weighted by atomic mass is 9.48. The number of hydrogen-bond acceptors (Lipinski definition) is 4. The van der Waals surface area contributed by atoms with E-state index in [0.717, 1.165) is 28.8 Å². The average Bonchev–Trinajstić information content (AvgIpc) is 3.01. The van der Waals surface area contributed by atoms with Crippen molar-refractivity contribution < 1.29 is 4.79 Å². The van der Waals surface area contributed by atoms with Crippen LogP contribution in [0.2, 0.25) is 0 Å². The number of benzene rings is 1. The molecule has 4 aliphatic carbocycles. The zero-order valence-electron chi connectivity index (χ0n) is 14.0. The highest BCUT2D eigenvalue weighted by Crippen LogP contribution is 2.61. The van der Waals surface area contributed by atoms with Gasteiger partial charge in [-0.2, -0.15) is 8.75 Å². The van der Waals surface area contributed by atoms with Crippen molar-refractivity contribution in [2.24, 2.45) is 23.2 Å². The second kappa shape index (κ2) is 5.25. The number of nitrogens with one attached hydrogen (secondary N) is 1. The van der Waals surface area contributed by atoms with Crippen LogP contribution in [0.5, 0.6) is 0 Å². The van der Waals surface area contributed by atoms with E-state index < -0.39 is 0 Å². The molecule has 4 nitrogen and oxygen atoms in total. The molecule has 1 aromatic carbocycles. The second-order valence-corrected chi connectivity index (χ2v) is 8.94. The molecule has 6 rings (SSSR count). The van der Waals surface area contributed by atoms with Gasteiger partial charge in [0.05, 0.1) is 17.3 Å². The van der Waals surface area contributed by atoms with Crippen molar-refractivity contribution in [3.05, 3.63) is 23.8 Å². The predicted octanol–water partition coefficient (Wildman–Crippen LogP) is 4.03. The first-order valence-corrected chi connectivity index (χ1v) is 9.88. The normalized spacial score (nSPS) is 35.3. The molecular formula is C19H23N3OS. The monoisotopic (exact) mass is 341 g/mol. The molecule has 1 N–H and O–H groups in total. The highest BCUT2D eigenvalue weighted by atomic mass is 32.1. The molecule has 4 bridgehead atoms. The number of rotatable bonds is 3. The molecule has 1 heterocycles. The standard InChI is InChI=1S/C19H23N3OS/c1-11(19-8-12-5-13(9-19)7-14(6-12)10-19)20-18(23)15-3-2-4-16-17(15)22-24-21-16/h2-4,11-14H,5-10H2,1H3,(H,20,23)/t11-,12?,13?,14?,19?/m0/s1. The first-order chi connectivity index (χ1) is 11.6. The summed E-state index contributed by atoms with van der Waals surface area (Å²) in [5, 5.41) is 3.33. The van der Waals surface area contributed by atoms with Crippen molar-refractivity contribution in [3.63, 3.8) is 0 Å². The van der Waals surface area contributed by atoms with Crippen molar-refractivity contribution in [1.29, 1.82) is 0 Å². The Morgan fingerprint density at radius 2 is 1.83 bits per heavy atom. The minimum Gasteiger partial charge on any atom is -0.349 e. The summed E-state index contributed by atoms with van der Waals surface area (Å²) in [5.74, 6) is 2.72. The van der Waals surface area contributed by atoms with Gasteiger partial charge in [-0.15, -0.1) is 0 Å². The Balaban J connectivity index is 1.39. The van der Waals surface area contributed by atoms with Gasteiger partial charge < -0.3 is 5.32 Å². The lowest BCUT2D eigenvalue weighted by molar-refractivity contribution is -0.0687. The molecule has 2 aromatic rings. The van der Waals surface area contributed by atoms with Gasteiger partial charge in [0.15, 0.2) is 0 Å². The summed E-state index contributed by atoms with van der Waals surface area (Å²) in [6, 6.07) is 5.91. The summed E-state index contributed by atoms with van der Waals surface area (Å²) in [5.41, 5.74) is 2.55. The number of amides is 1. The number of nitrogens with zero attached hydrogens (tertiary/aromatic N) is 2. The molecule has 0 aliphatic heterocycles. The Hall–Kier alpha value is -1.49. The molecule has 1 aromatic heterocycles. The molecule has 4 aliphatic rings. The molecule has 126 valence electrons. The maximum atomic E-state index is 12.9. The van der Waals surface area contributed by atoms with Crippen LogP contribution in [-0.2, 0) is 0 Å². The van der Waals surface area contributed by atoms with Gasteiger partial charge in [0.1, 0.15) is 11.0 Å². The first-order valence-electron chi connectivity index (χ1n) is 9.15. The van der Waals surface area contributed by atoms with Crippen molar-refractivity contribution in [2.45, 2.75) is 51.5 Å². The third kappa shape index (κ3) is 2.20. The van der Waals surface area contributed by atoms with E-state index in [0.29, 0.717) is 11.0 Å². The van der Waals surface area contributed by atoms with Gasteiger partial charge in [-0.3, -0.25) is 4.79 Å². The van der Waals surface area contributed by atoms with E-state index in [2.05, 4.69) is 21.0 Å². The number of carbonyl (C=O) groups is 1. The average molecular weight is 341 g/mol. The zero-order chi connectivity index (χ0) is 16.3. The number of fused-ring (bicyclic) bond motifs is 1. The summed E-state index contributed by atoms with van der Waals surface area (Å²) < 4.78 is 8.56. The lowest BCUT2D eigenvalue weighted by Gasteiger charge is -2.59. The van der Waals surface area contributed by atoms with Crippen LogP contribution in [0.4, 0.5) is 0 Å². The summed E-state index contributed by atoms with van der Waals surface area (Å²) in [7, 11) is 0. The third-order valence-corrected chi connectivity index (χ3v) is 7.42. The molecule has 1 atom stereocenters. The van der Waals surface area contributed by atoms with Crippen LogP contribution >= 0.6 is 11.7 Å². The van der Waals surface area contributed by atoms with Crippen molar-refractivity contribution in [3.8, 4) is 0 Å². The first kappa shape index (κ1) is 14.8. The fourth-order valence-electron chi connectivity index (χ4n) is 6.12. The van der Waals surface area contributed by atoms with Crippen molar-refractivity contribution in [1.82, 2.24) is 14.1 Å². The molecule has 24 heavy (non-hydrogen) atoms. The minimum absolute atomic E-state index is 0.0107. The summed E-state index contributed by atoms with van der Waals surface area (Å²) in [6.07, 6.45) is 8.23. The molecule has 1 amide bonds. The Morgan fingerprint density at radius 3 is 2.50 bits per heavy atom.